The van der Waals surface area contributed by atoms with E-state index in [1.807, 2.05) is 0 Å². The molecule has 0 saturated heterocycles. The predicted octanol–water partition coefficient (Wildman–Crippen LogP) is 3.20. The molecule has 0 fully saturated rings. The summed E-state index contributed by atoms with van der Waals surface area (Å²) in [5, 5.41) is 0.232. The van der Waals surface area contributed by atoms with Crippen LogP contribution < -0.4 is 0 Å². The zero-order valence-corrected chi connectivity index (χ0v) is 8.68. The van der Waals surface area contributed by atoms with E-state index < -0.39 is 5.92 Å². The maximum Gasteiger partial charge on any atom is 0.289 e. The Morgan fingerprint density at radius 3 is 2.87 bits per heavy atom. The van der Waals surface area contributed by atoms with E-state index in [2.05, 4.69) is 4.98 Å². The van der Waals surface area contributed by atoms with Gasteiger partial charge in [0.15, 0.2) is 0 Å². The summed E-state index contributed by atoms with van der Waals surface area (Å²) in [7, 11) is 0. The van der Waals surface area contributed by atoms with Gasteiger partial charge in [-0.15, -0.1) is 0 Å². The molecule has 0 atom stereocenters. The van der Waals surface area contributed by atoms with Crippen molar-refractivity contribution in [2.45, 2.75) is 25.2 Å². The Balaban J connectivity index is 2.71. The standard InChI is InChI=1S/C10H10ClF2NO/c11-8-3-5-14-9(7-8)10(12,13)4-1-2-6-15/h3,5-7H,1-2,4H2. The van der Waals surface area contributed by atoms with Crippen molar-refractivity contribution >= 4 is 17.9 Å². The normalized spacial score (nSPS) is 11.4. The molecule has 82 valence electrons. The van der Waals surface area contributed by atoms with Gasteiger partial charge >= 0.3 is 0 Å². The topological polar surface area (TPSA) is 30.0 Å². The van der Waals surface area contributed by atoms with Gasteiger partial charge in [0.05, 0.1) is 0 Å². The van der Waals surface area contributed by atoms with Crippen LogP contribution in [0.25, 0.3) is 0 Å². The van der Waals surface area contributed by atoms with E-state index in [9.17, 15) is 13.6 Å². The number of hydrogen-bond acceptors (Lipinski definition) is 2. The lowest BCUT2D eigenvalue weighted by Gasteiger charge is -2.14. The molecule has 2 nitrogen and oxygen atoms in total. The highest BCUT2D eigenvalue weighted by Gasteiger charge is 2.32. The summed E-state index contributed by atoms with van der Waals surface area (Å²) in [6.45, 7) is 0. The number of carbonyl (C=O) groups is 1. The summed E-state index contributed by atoms with van der Waals surface area (Å²) < 4.78 is 26.8. The first kappa shape index (κ1) is 12.0. The molecule has 0 aliphatic carbocycles. The van der Waals surface area contributed by atoms with Crippen LogP contribution in [0.1, 0.15) is 25.0 Å². The van der Waals surface area contributed by atoms with Gasteiger partial charge in [-0.25, -0.2) is 0 Å². The van der Waals surface area contributed by atoms with Crippen LogP contribution in [0.15, 0.2) is 18.3 Å². The molecule has 0 unspecified atom stereocenters. The van der Waals surface area contributed by atoms with Gasteiger partial charge in [0, 0.05) is 24.1 Å². The molecular formula is C10H10ClF2NO. The second kappa shape index (κ2) is 5.16. The number of aldehydes is 1. The van der Waals surface area contributed by atoms with E-state index in [1.165, 1.54) is 12.3 Å². The monoisotopic (exact) mass is 233 g/mol. The molecule has 1 aromatic heterocycles. The maximum atomic E-state index is 13.4. The van der Waals surface area contributed by atoms with Gasteiger partial charge in [0.2, 0.25) is 0 Å². The number of alkyl halides is 2. The van der Waals surface area contributed by atoms with Crippen LogP contribution in [0.3, 0.4) is 0 Å². The number of hydrogen-bond donors (Lipinski definition) is 0. The first-order valence-corrected chi connectivity index (χ1v) is 4.87. The van der Waals surface area contributed by atoms with E-state index >= 15 is 0 Å². The Morgan fingerprint density at radius 1 is 1.53 bits per heavy atom. The molecule has 0 spiro atoms. The first-order valence-electron chi connectivity index (χ1n) is 4.50. The van der Waals surface area contributed by atoms with Crippen molar-refractivity contribution in [3.8, 4) is 0 Å². The minimum Gasteiger partial charge on any atom is -0.303 e. The number of nitrogens with zero attached hydrogens (tertiary/aromatic N) is 1. The van der Waals surface area contributed by atoms with Crippen molar-refractivity contribution in [3.63, 3.8) is 0 Å². The van der Waals surface area contributed by atoms with Crippen LogP contribution in [-0.2, 0) is 10.7 Å². The molecule has 15 heavy (non-hydrogen) atoms. The number of pyridine rings is 1. The summed E-state index contributed by atoms with van der Waals surface area (Å²) in [6.07, 6.45) is 1.76. The van der Waals surface area contributed by atoms with Gasteiger partial charge < -0.3 is 4.79 Å². The van der Waals surface area contributed by atoms with Gasteiger partial charge in [-0.1, -0.05) is 11.6 Å². The fraction of sp³-hybridized carbons (Fsp3) is 0.400. The van der Waals surface area contributed by atoms with Crippen LogP contribution in [0.5, 0.6) is 0 Å². The lowest BCUT2D eigenvalue weighted by atomic mass is 10.1. The van der Waals surface area contributed by atoms with E-state index in [4.69, 9.17) is 11.6 Å². The molecule has 5 heteroatoms. The molecule has 0 radical (unpaired) electrons. The lowest BCUT2D eigenvalue weighted by Crippen LogP contribution is -2.15. The minimum absolute atomic E-state index is 0.135. The molecule has 0 saturated carbocycles. The van der Waals surface area contributed by atoms with Crippen molar-refractivity contribution in [3.05, 3.63) is 29.0 Å². The second-order valence-electron chi connectivity index (χ2n) is 3.12. The van der Waals surface area contributed by atoms with E-state index in [0.717, 1.165) is 6.07 Å². The third-order valence-electron chi connectivity index (χ3n) is 1.91. The molecule has 1 aromatic rings. The number of aromatic nitrogens is 1. The Bertz CT molecular complexity index is 344. The van der Waals surface area contributed by atoms with Crippen LogP contribution in [0, 0.1) is 0 Å². The summed E-state index contributed by atoms with van der Waals surface area (Å²) in [4.78, 5) is 13.6. The highest BCUT2D eigenvalue weighted by atomic mass is 35.5. The van der Waals surface area contributed by atoms with E-state index in [1.54, 1.807) is 0 Å². The highest BCUT2D eigenvalue weighted by Crippen LogP contribution is 2.32. The average Bonchev–Trinajstić information content (AvgIpc) is 2.18. The van der Waals surface area contributed by atoms with Crippen LogP contribution in [0.4, 0.5) is 8.78 Å². The zero-order valence-electron chi connectivity index (χ0n) is 7.92. The van der Waals surface area contributed by atoms with Crippen molar-refractivity contribution in [2.24, 2.45) is 0 Å². The summed E-state index contributed by atoms with van der Waals surface area (Å²) in [6, 6.07) is 2.58. The average molecular weight is 234 g/mol. The van der Waals surface area contributed by atoms with Crippen molar-refractivity contribution < 1.29 is 13.6 Å². The fourth-order valence-corrected chi connectivity index (χ4v) is 1.30. The largest absolute Gasteiger partial charge is 0.303 e. The van der Waals surface area contributed by atoms with E-state index in [-0.39, 0.29) is 30.0 Å². The SMILES string of the molecule is O=CCCCC(F)(F)c1cc(Cl)ccn1. The second-order valence-corrected chi connectivity index (χ2v) is 3.56. The Labute approximate surface area is 91.3 Å². The zero-order chi connectivity index (χ0) is 11.3. The van der Waals surface area contributed by atoms with E-state index in [0.29, 0.717) is 6.29 Å². The summed E-state index contributed by atoms with van der Waals surface area (Å²) >= 11 is 5.58. The Hall–Kier alpha value is -1.03. The molecular weight excluding hydrogens is 224 g/mol. The molecule has 0 aliphatic rings. The Kier molecular flexibility index (Phi) is 4.15. The summed E-state index contributed by atoms with van der Waals surface area (Å²) in [5.74, 6) is -3.02. The van der Waals surface area contributed by atoms with Crippen LogP contribution in [-0.4, -0.2) is 11.3 Å². The van der Waals surface area contributed by atoms with Gasteiger partial charge in [-0.2, -0.15) is 8.78 Å². The minimum atomic E-state index is -3.02. The maximum absolute atomic E-state index is 13.4. The van der Waals surface area contributed by atoms with Gasteiger partial charge in [0.1, 0.15) is 12.0 Å². The molecule has 1 heterocycles. The molecule has 0 bridgehead atoms. The van der Waals surface area contributed by atoms with Gasteiger partial charge in [-0.05, 0) is 18.6 Å². The Morgan fingerprint density at radius 2 is 2.27 bits per heavy atom. The molecule has 1 rings (SSSR count). The number of carbonyl (C=O) groups excluding carboxylic acids is 1. The smallest absolute Gasteiger partial charge is 0.289 e. The summed E-state index contributed by atoms with van der Waals surface area (Å²) in [5.41, 5.74) is -0.346. The highest BCUT2D eigenvalue weighted by molar-refractivity contribution is 6.30. The molecule has 0 aromatic carbocycles. The number of rotatable bonds is 5. The molecule has 0 N–H and O–H groups in total. The van der Waals surface area contributed by atoms with Crippen molar-refractivity contribution in [1.82, 2.24) is 4.98 Å². The van der Waals surface area contributed by atoms with Crippen molar-refractivity contribution in [1.29, 1.82) is 0 Å². The number of unbranched alkanes of at least 4 members (excludes halogenated alkanes) is 1. The molecule has 0 aliphatic heterocycles. The number of halogens is 3. The fourth-order valence-electron chi connectivity index (χ4n) is 1.14. The third-order valence-corrected chi connectivity index (χ3v) is 2.14. The van der Waals surface area contributed by atoms with Crippen LogP contribution >= 0.6 is 11.6 Å². The lowest BCUT2D eigenvalue weighted by molar-refractivity contribution is -0.108. The van der Waals surface area contributed by atoms with Crippen LogP contribution in [0.2, 0.25) is 5.02 Å². The quantitative estimate of drug-likeness (QED) is 0.578. The first-order chi connectivity index (χ1) is 7.06. The third kappa shape index (κ3) is 3.55. The van der Waals surface area contributed by atoms with Crippen molar-refractivity contribution in [2.75, 3.05) is 0 Å². The predicted molar refractivity (Wildman–Crippen MR) is 53.1 cm³/mol. The van der Waals surface area contributed by atoms with Gasteiger partial charge in [0.25, 0.3) is 5.92 Å². The van der Waals surface area contributed by atoms with Gasteiger partial charge in [-0.3, -0.25) is 4.98 Å². The molecule has 0 amide bonds.